The average Bonchev–Trinajstić information content (AvgIpc) is 3.13. The summed E-state index contributed by atoms with van der Waals surface area (Å²) in [6, 6.07) is 2.15. The highest BCUT2D eigenvalue weighted by atomic mass is 125. The number of phenols is 1. The number of nitrogens with one attached hydrogen (secondary N) is 2. The lowest BCUT2D eigenvalue weighted by atomic mass is 10.0. The van der Waals surface area contributed by atoms with Crippen molar-refractivity contribution in [2.24, 2.45) is 16.5 Å². The lowest BCUT2D eigenvalue weighted by Crippen LogP contribution is -2.52. The molecule has 4 amide bonds. The van der Waals surface area contributed by atoms with Crippen LogP contribution in [0.25, 0.3) is 0 Å². The molecule has 0 saturated carbocycles. The molecule has 1 aromatic rings. The van der Waals surface area contributed by atoms with Gasteiger partial charge in [0.15, 0.2) is 5.96 Å². The first-order chi connectivity index (χ1) is 17.0. The van der Waals surface area contributed by atoms with E-state index in [0.717, 1.165) is 17.1 Å². The zero-order chi connectivity index (χ0) is 26.8. The van der Waals surface area contributed by atoms with Gasteiger partial charge in [-0.2, -0.15) is 0 Å². The number of aliphatic imine (C=N–C) groups is 1. The van der Waals surface area contributed by atoms with Crippen molar-refractivity contribution in [2.75, 3.05) is 13.1 Å². The van der Waals surface area contributed by atoms with E-state index in [2.05, 4.69) is 15.6 Å². The smallest absolute Gasteiger partial charge is 0.326 e. The summed E-state index contributed by atoms with van der Waals surface area (Å²) in [6.45, 7) is 0.00875. The Hall–Kier alpha value is -3.69. The van der Waals surface area contributed by atoms with Crippen LogP contribution in [-0.4, -0.2) is 75.8 Å². The predicted molar refractivity (Wildman–Crippen MR) is 136 cm³/mol. The average molecular weight is 612 g/mol. The Bertz CT molecular complexity index is 1070. The van der Waals surface area contributed by atoms with Crippen molar-refractivity contribution >= 4 is 58.1 Å². The van der Waals surface area contributed by atoms with Crippen molar-refractivity contribution in [3.63, 3.8) is 0 Å². The summed E-state index contributed by atoms with van der Waals surface area (Å²) in [6.07, 6.45) is 2.30. The summed E-state index contributed by atoms with van der Waals surface area (Å²) in [5.41, 5.74) is 11.2. The second kappa shape index (κ2) is 13.4. The van der Waals surface area contributed by atoms with Crippen LogP contribution in [0.5, 0.6) is 5.75 Å². The molecule has 13 nitrogen and oxygen atoms in total. The van der Waals surface area contributed by atoms with E-state index in [1.165, 1.54) is 6.07 Å². The van der Waals surface area contributed by atoms with Crippen molar-refractivity contribution in [1.82, 2.24) is 15.5 Å². The van der Waals surface area contributed by atoms with Crippen LogP contribution >= 0.6 is 22.6 Å². The molecule has 0 aromatic heterocycles. The zero-order valence-electron chi connectivity index (χ0n) is 19.1. The normalized spacial score (nSPS) is 14.3. The number of nitrogens with two attached hydrogens (primary N) is 2. The number of nitrogens with zero attached hydrogens (tertiary/aromatic N) is 2. The molecule has 8 N–H and O–H groups in total. The minimum absolute atomic E-state index is 0.0481. The van der Waals surface area contributed by atoms with Gasteiger partial charge in [0.25, 0.3) is 11.8 Å². The molecule has 0 saturated heterocycles. The van der Waals surface area contributed by atoms with Gasteiger partial charge < -0.3 is 32.3 Å². The second-order valence-corrected chi connectivity index (χ2v) is 9.03. The number of aromatic hydroxyl groups is 1. The number of phenolic OH excluding ortho intramolecular Hbond substituents is 1. The third-order valence-electron chi connectivity index (χ3n) is 5.13. The number of hydrogen-bond donors (Lipinski definition) is 6. The first-order valence-electron chi connectivity index (χ1n) is 10.9. The minimum Gasteiger partial charge on any atom is -0.507 e. The van der Waals surface area contributed by atoms with Crippen LogP contribution in [-0.2, 0) is 30.4 Å². The number of carbonyl (C=O) groups excluding carboxylic acids is 4. The molecule has 194 valence electrons. The van der Waals surface area contributed by atoms with Crippen LogP contribution in [0.4, 0.5) is 0 Å². The SMILES string of the molecule is NC(N)=NCCC[C@H](NC(=O)CCN1C(=O)C=CC1=O)C(=O)N[C@@H](Cc1ccc(O)c([125I])c1)C(=O)O. The van der Waals surface area contributed by atoms with E-state index in [4.69, 9.17) is 11.5 Å². The number of hydrogen-bond acceptors (Lipinski definition) is 7. The molecule has 1 aliphatic heterocycles. The largest absolute Gasteiger partial charge is 0.507 e. The molecule has 0 radical (unpaired) electrons. The zero-order valence-corrected chi connectivity index (χ0v) is 21.3. The number of halogens is 1. The van der Waals surface area contributed by atoms with Gasteiger partial charge in [0.05, 0.1) is 3.57 Å². The molecule has 1 aromatic carbocycles. The maximum Gasteiger partial charge on any atom is 0.326 e. The number of carbonyl (C=O) groups is 5. The third kappa shape index (κ3) is 8.83. The van der Waals surface area contributed by atoms with E-state index in [-0.39, 0.29) is 44.1 Å². The number of imide groups is 1. The number of benzene rings is 1. The van der Waals surface area contributed by atoms with E-state index in [0.29, 0.717) is 15.6 Å². The minimum atomic E-state index is -1.30. The van der Waals surface area contributed by atoms with E-state index in [1.807, 2.05) is 22.6 Å². The lowest BCUT2D eigenvalue weighted by Gasteiger charge is -2.22. The summed E-state index contributed by atoms with van der Waals surface area (Å²) in [5.74, 6) is -3.78. The van der Waals surface area contributed by atoms with Gasteiger partial charge in [0, 0.05) is 38.1 Å². The fraction of sp³-hybridized carbons (Fsp3) is 0.364. The van der Waals surface area contributed by atoms with Gasteiger partial charge in [-0.05, 0) is 53.1 Å². The number of guanidine groups is 1. The van der Waals surface area contributed by atoms with Gasteiger partial charge in [-0.3, -0.25) is 29.1 Å². The highest BCUT2D eigenvalue weighted by molar-refractivity contribution is 14.1. The van der Waals surface area contributed by atoms with Crippen molar-refractivity contribution in [2.45, 2.75) is 37.8 Å². The van der Waals surface area contributed by atoms with Gasteiger partial charge in [0.2, 0.25) is 11.8 Å². The predicted octanol–water partition coefficient (Wildman–Crippen LogP) is -1.04. The van der Waals surface area contributed by atoms with Crippen molar-refractivity contribution in [3.05, 3.63) is 39.5 Å². The Morgan fingerprint density at radius 1 is 1.08 bits per heavy atom. The molecule has 1 aliphatic rings. The summed E-state index contributed by atoms with van der Waals surface area (Å²) >= 11 is 1.90. The molecule has 0 unspecified atom stereocenters. The highest BCUT2D eigenvalue weighted by Crippen LogP contribution is 2.21. The number of carboxylic acids is 1. The quantitative estimate of drug-likeness (QED) is 0.0527. The van der Waals surface area contributed by atoms with Gasteiger partial charge in [-0.25, -0.2) is 4.79 Å². The Morgan fingerprint density at radius 3 is 2.33 bits per heavy atom. The molecule has 14 heteroatoms. The first-order valence-corrected chi connectivity index (χ1v) is 11.9. The summed E-state index contributed by atoms with van der Waals surface area (Å²) in [5, 5.41) is 24.3. The van der Waals surface area contributed by atoms with Gasteiger partial charge >= 0.3 is 5.97 Å². The Labute approximate surface area is 220 Å². The lowest BCUT2D eigenvalue weighted by molar-refractivity contribution is -0.142. The standard InChI is InChI=1S/C22H27IN6O7/c23-13-10-12(3-4-16(13)30)11-15(21(35)36)28-20(34)14(2-1-8-26-22(24)25)27-17(31)7-9-29-18(32)5-6-19(29)33/h3-6,10,14-15,30H,1-2,7-9,11H2,(H,27,31)(H,28,34)(H,35,36)(H4,24,25,26)/t14-,15-/m0/s1/i23-2. The monoisotopic (exact) mass is 612 g/mol. The Kier molecular flexibility index (Phi) is 10.6. The summed E-state index contributed by atoms with van der Waals surface area (Å²) in [7, 11) is 0. The second-order valence-electron chi connectivity index (χ2n) is 7.87. The molecule has 0 fully saturated rings. The Morgan fingerprint density at radius 2 is 1.75 bits per heavy atom. The van der Waals surface area contributed by atoms with Gasteiger partial charge in [0.1, 0.15) is 17.8 Å². The van der Waals surface area contributed by atoms with Gasteiger partial charge in [-0.1, -0.05) is 6.07 Å². The molecular formula is C22H27IN6O7. The number of amides is 4. The van der Waals surface area contributed by atoms with Crippen LogP contribution < -0.4 is 22.1 Å². The molecule has 2 atom stereocenters. The van der Waals surface area contributed by atoms with Crippen molar-refractivity contribution in [1.29, 1.82) is 0 Å². The summed E-state index contributed by atoms with van der Waals surface area (Å²) in [4.78, 5) is 65.3. The van der Waals surface area contributed by atoms with Crippen molar-refractivity contribution in [3.8, 4) is 5.75 Å². The Balaban J connectivity index is 2.05. The fourth-order valence-corrected chi connectivity index (χ4v) is 3.87. The van der Waals surface area contributed by atoms with Crippen LogP contribution in [0.3, 0.4) is 0 Å². The van der Waals surface area contributed by atoms with Crippen molar-refractivity contribution < 1.29 is 34.2 Å². The van der Waals surface area contributed by atoms with Crippen LogP contribution in [0.1, 0.15) is 24.8 Å². The van der Waals surface area contributed by atoms with Crippen LogP contribution in [0, 0.1) is 3.57 Å². The molecule has 2 rings (SSSR count). The third-order valence-corrected chi connectivity index (χ3v) is 5.99. The first kappa shape index (κ1) is 28.5. The van der Waals surface area contributed by atoms with Gasteiger partial charge in [-0.15, -0.1) is 0 Å². The molecule has 0 aliphatic carbocycles. The summed E-state index contributed by atoms with van der Waals surface area (Å²) < 4.78 is 0.524. The highest BCUT2D eigenvalue weighted by Gasteiger charge is 2.28. The maximum atomic E-state index is 13.0. The molecule has 1 heterocycles. The maximum absolute atomic E-state index is 13.0. The van der Waals surface area contributed by atoms with E-state index in [9.17, 15) is 34.2 Å². The molecule has 36 heavy (non-hydrogen) atoms. The molecule has 0 spiro atoms. The number of rotatable bonds is 13. The van der Waals surface area contributed by atoms with E-state index in [1.54, 1.807) is 12.1 Å². The topological polar surface area (TPSA) is 218 Å². The van der Waals surface area contributed by atoms with Crippen LogP contribution in [0.2, 0.25) is 0 Å². The molecule has 0 bridgehead atoms. The van der Waals surface area contributed by atoms with Crippen LogP contribution in [0.15, 0.2) is 35.3 Å². The molecular weight excluding hydrogens is 585 g/mol. The van der Waals surface area contributed by atoms with E-state index >= 15 is 0 Å². The number of carboxylic acid groups (broad SMARTS) is 1. The fourth-order valence-electron chi connectivity index (χ4n) is 3.29. The van der Waals surface area contributed by atoms with E-state index < -0.39 is 41.7 Å². The number of aliphatic carboxylic acids is 1.